The lowest BCUT2D eigenvalue weighted by molar-refractivity contribution is 0.481. The van der Waals surface area contributed by atoms with Gasteiger partial charge in [-0.1, -0.05) is 29.8 Å². The van der Waals surface area contributed by atoms with E-state index < -0.39 is 0 Å². The molecule has 1 heterocycles. The van der Waals surface area contributed by atoms with E-state index in [1.807, 2.05) is 0 Å². The summed E-state index contributed by atoms with van der Waals surface area (Å²) in [4.78, 5) is 0. The van der Waals surface area contributed by atoms with Crippen molar-refractivity contribution >= 4 is 21.6 Å². The molecule has 0 radical (unpaired) electrons. The first-order chi connectivity index (χ1) is 6.50. The molecular formula is C12H16BrN. The van der Waals surface area contributed by atoms with Crippen LogP contribution in [0.2, 0.25) is 0 Å². The number of halogens is 1. The van der Waals surface area contributed by atoms with Crippen LogP contribution >= 0.6 is 15.9 Å². The topological polar surface area (TPSA) is 12.0 Å². The Morgan fingerprint density at radius 3 is 2.79 bits per heavy atom. The van der Waals surface area contributed by atoms with E-state index in [1.165, 1.54) is 27.7 Å². The van der Waals surface area contributed by atoms with Crippen LogP contribution in [-0.4, -0.2) is 6.54 Å². The second-order valence-electron chi connectivity index (χ2n) is 4.71. The van der Waals surface area contributed by atoms with Crippen molar-refractivity contribution in [1.29, 1.82) is 0 Å². The molecular weight excluding hydrogens is 238 g/mol. The van der Waals surface area contributed by atoms with Gasteiger partial charge in [0.05, 0.1) is 0 Å². The van der Waals surface area contributed by atoms with Crippen LogP contribution in [0.3, 0.4) is 0 Å². The van der Waals surface area contributed by atoms with E-state index in [0.717, 1.165) is 6.54 Å². The molecule has 1 aliphatic rings. The van der Waals surface area contributed by atoms with Crippen molar-refractivity contribution in [2.75, 3.05) is 11.9 Å². The number of fused-ring (bicyclic) bond motifs is 1. The number of hydrogen-bond acceptors (Lipinski definition) is 1. The molecule has 0 saturated carbocycles. The zero-order valence-corrected chi connectivity index (χ0v) is 10.5. The Morgan fingerprint density at radius 1 is 1.36 bits per heavy atom. The van der Waals surface area contributed by atoms with Crippen LogP contribution in [0.25, 0.3) is 0 Å². The Bertz CT molecular complexity index is 369. The van der Waals surface area contributed by atoms with Crippen LogP contribution in [0.5, 0.6) is 0 Å². The van der Waals surface area contributed by atoms with Gasteiger partial charge in [0, 0.05) is 16.7 Å². The smallest absolute Gasteiger partial charge is 0.0408 e. The molecule has 0 atom stereocenters. The van der Waals surface area contributed by atoms with Gasteiger partial charge in [-0.25, -0.2) is 0 Å². The van der Waals surface area contributed by atoms with Crippen molar-refractivity contribution in [3.8, 4) is 0 Å². The van der Waals surface area contributed by atoms with E-state index in [1.54, 1.807) is 0 Å². The second-order valence-corrected chi connectivity index (χ2v) is 5.62. The molecule has 1 nitrogen and oxygen atoms in total. The molecule has 1 aromatic carbocycles. The van der Waals surface area contributed by atoms with E-state index in [4.69, 9.17) is 0 Å². The van der Waals surface area contributed by atoms with Gasteiger partial charge in [0.1, 0.15) is 0 Å². The van der Waals surface area contributed by atoms with E-state index >= 15 is 0 Å². The van der Waals surface area contributed by atoms with Crippen LogP contribution in [0.4, 0.5) is 5.69 Å². The fraction of sp³-hybridized carbons (Fsp3) is 0.500. The fourth-order valence-corrected chi connectivity index (χ4v) is 2.72. The molecule has 76 valence electrons. The van der Waals surface area contributed by atoms with Crippen molar-refractivity contribution in [3.05, 3.63) is 27.7 Å². The van der Waals surface area contributed by atoms with Gasteiger partial charge >= 0.3 is 0 Å². The van der Waals surface area contributed by atoms with Crippen molar-refractivity contribution in [3.63, 3.8) is 0 Å². The van der Waals surface area contributed by atoms with Gasteiger partial charge in [-0.05, 0) is 42.0 Å². The zero-order valence-electron chi connectivity index (χ0n) is 8.95. The highest BCUT2D eigenvalue weighted by Crippen LogP contribution is 2.39. The van der Waals surface area contributed by atoms with Crippen LogP contribution in [0.15, 0.2) is 16.6 Å². The molecule has 0 amide bonds. The first-order valence-electron chi connectivity index (χ1n) is 5.05. The second kappa shape index (κ2) is 3.27. The molecule has 0 aromatic heterocycles. The number of benzene rings is 1. The summed E-state index contributed by atoms with van der Waals surface area (Å²) in [5.74, 6) is 0. The molecule has 1 aromatic rings. The Labute approximate surface area is 94.0 Å². The Hall–Kier alpha value is -0.500. The number of hydrogen-bond donors (Lipinski definition) is 1. The van der Waals surface area contributed by atoms with E-state index in [9.17, 15) is 0 Å². The highest BCUT2D eigenvalue weighted by molar-refractivity contribution is 9.10. The quantitative estimate of drug-likeness (QED) is 0.741. The summed E-state index contributed by atoms with van der Waals surface area (Å²) in [5.41, 5.74) is 4.41. The lowest BCUT2D eigenvalue weighted by Crippen LogP contribution is -2.28. The van der Waals surface area contributed by atoms with Crippen molar-refractivity contribution in [2.45, 2.75) is 32.6 Å². The minimum atomic E-state index is 0.301. The molecule has 0 unspecified atom stereocenters. The minimum absolute atomic E-state index is 0.301. The average molecular weight is 254 g/mol. The van der Waals surface area contributed by atoms with Gasteiger partial charge < -0.3 is 5.32 Å². The third-order valence-corrected chi connectivity index (χ3v) is 3.54. The summed E-state index contributed by atoms with van der Waals surface area (Å²) in [6, 6.07) is 4.42. The summed E-state index contributed by atoms with van der Waals surface area (Å²) in [5, 5.41) is 3.49. The van der Waals surface area contributed by atoms with Gasteiger partial charge in [-0.3, -0.25) is 0 Å². The van der Waals surface area contributed by atoms with Gasteiger partial charge in [0.25, 0.3) is 0 Å². The van der Waals surface area contributed by atoms with Crippen molar-refractivity contribution < 1.29 is 0 Å². The summed E-state index contributed by atoms with van der Waals surface area (Å²) in [6.07, 6.45) is 1.20. The number of anilines is 1. The lowest BCUT2D eigenvalue weighted by atomic mass is 9.77. The van der Waals surface area contributed by atoms with Crippen LogP contribution in [-0.2, 0) is 5.41 Å². The molecule has 0 fully saturated rings. The summed E-state index contributed by atoms with van der Waals surface area (Å²) >= 11 is 3.57. The predicted octanol–water partition coefficient (Wildman–Crippen LogP) is 3.85. The maximum absolute atomic E-state index is 3.57. The monoisotopic (exact) mass is 253 g/mol. The molecule has 1 aliphatic heterocycles. The number of nitrogens with one attached hydrogen (secondary N) is 1. The van der Waals surface area contributed by atoms with E-state index in [0.29, 0.717) is 5.41 Å². The van der Waals surface area contributed by atoms with Crippen molar-refractivity contribution in [2.24, 2.45) is 0 Å². The SMILES string of the molecule is Cc1cc(Br)cc2c1NCCC2(C)C. The van der Waals surface area contributed by atoms with Crippen molar-refractivity contribution in [1.82, 2.24) is 0 Å². The first-order valence-corrected chi connectivity index (χ1v) is 5.84. The third-order valence-electron chi connectivity index (χ3n) is 3.08. The zero-order chi connectivity index (χ0) is 10.3. The maximum Gasteiger partial charge on any atom is 0.0408 e. The summed E-state index contributed by atoms with van der Waals surface area (Å²) in [7, 11) is 0. The molecule has 0 saturated heterocycles. The van der Waals surface area contributed by atoms with Gasteiger partial charge in [0.2, 0.25) is 0 Å². The van der Waals surface area contributed by atoms with Crippen LogP contribution in [0, 0.1) is 6.92 Å². The van der Waals surface area contributed by atoms with Crippen LogP contribution < -0.4 is 5.32 Å². The molecule has 14 heavy (non-hydrogen) atoms. The molecule has 2 heteroatoms. The van der Waals surface area contributed by atoms with E-state index in [2.05, 4.69) is 54.2 Å². The molecule has 0 aliphatic carbocycles. The molecule has 2 rings (SSSR count). The molecule has 1 N–H and O–H groups in total. The molecule has 0 spiro atoms. The summed E-state index contributed by atoms with van der Waals surface area (Å²) < 4.78 is 1.19. The average Bonchev–Trinajstić information content (AvgIpc) is 2.06. The minimum Gasteiger partial charge on any atom is -0.385 e. The first kappa shape index (κ1) is 10.0. The van der Waals surface area contributed by atoms with Gasteiger partial charge in [-0.2, -0.15) is 0 Å². The highest BCUT2D eigenvalue weighted by atomic mass is 79.9. The van der Waals surface area contributed by atoms with Crippen LogP contribution in [0.1, 0.15) is 31.4 Å². The third kappa shape index (κ3) is 1.56. The fourth-order valence-electron chi connectivity index (χ4n) is 2.15. The summed E-state index contributed by atoms with van der Waals surface area (Å²) in [6.45, 7) is 7.89. The lowest BCUT2D eigenvalue weighted by Gasteiger charge is -2.34. The van der Waals surface area contributed by atoms with Gasteiger partial charge in [-0.15, -0.1) is 0 Å². The maximum atomic E-state index is 3.57. The number of rotatable bonds is 0. The largest absolute Gasteiger partial charge is 0.385 e. The standard InChI is InChI=1S/C12H16BrN/c1-8-6-9(13)7-10-11(8)14-5-4-12(10,2)3/h6-7,14H,4-5H2,1-3H3. The number of aryl methyl sites for hydroxylation is 1. The Kier molecular flexibility index (Phi) is 2.34. The highest BCUT2D eigenvalue weighted by Gasteiger charge is 2.28. The van der Waals surface area contributed by atoms with Gasteiger partial charge in [0.15, 0.2) is 0 Å². The Morgan fingerprint density at radius 2 is 2.07 bits per heavy atom. The predicted molar refractivity (Wildman–Crippen MR) is 65.0 cm³/mol. The normalized spacial score (nSPS) is 18.6. The van der Waals surface area contributed by atoms with E-state index in [-0.39, 0.29) is 0 Å². The molecule has 0 bridgehead atoms. The Balaban J connectivity index is 2.63.